The number of rotatable bonds is 2. The molecule has 7 heteroatoms. The van der Waals surface area contributed by atoms with E-state index in [1.165, 1.54) is 7.05 Å². The minimum atomic E-state index is -0.855. The number of hydrogen-bond acceptors (Lipinski definition) is 4. The predicted molar refractivity (Wildman–Crippen MR) is 75.5 cm³/mol. The topological polar surface area (TPSA) is 70.6 Å². The molecule has 3 rings (SSSR count). The average molecular weight is 304 g/mol. The van der Waals surface area contributed by atoms with Crippen LogP contribution in [0.25, 0.3) is 10.9 Å². The van der Waals surface area contributed by atoms with Gasteiger partial charge in [-0.15, -0.1) is 0 Å². The zero-order chi connectivity index (χ0) is 15.1. The van der Waals surface area contributed by atoms with Crippen molar-refractivity contribution < 1.29 is 14.4 Å². The van der Waals surface area contributed by atoms with Gasteiger partial charge in [0.25, 0.3) is 0 Å². The maximum absolute atomic E-state index is 11.9. The van der Waals surface area contributed by atoms with Gasteiger partial charge in [0.05, 0.1) is 12.1 Å². The first kappa shape index (κ1) is 13.5. The summed E-state index contributed by atoms with van der Waals surface area (Å²) in [6.07, 6.45) is 0. The summed E-state index contributed by atoms with van der Waals surface area (Å²) in [6, 6.07) is 8.46. The second-order valence-electron chi connectivity index (χ2n) is 4.67. The lowest BCUT2D eigenvalue weighted by Gasteiger charge is -2.14. The number of urea groups is 1. The minimum Gasteiger partial charge on any atom is -0.263 e. The summed E-state index contributed by atoms with van der Waals surface area (Å²) in [5.74, 6) is -1.70. The SMILES string of the molecule is CN1C(=O)C(=O)N(Cc2cc3ccccc3nc2Cl)C1=O. The lowest BCUT2D eigenvalue weighted by Crippen LogP contribution is -2.31. The van der Waals surface area contributed by atoms with Gasteiger partial charge in [0.2, 0.25) is 0 Å². The molecule has 1 saturated heterocycles. The molecule has 1 aromatic carbocycles. The van der Waals surface area contributed by atoms with Crippen LogP contribution in [-0.2, 0) is 16.1 Å². The van der Waals surface area contributed by atoms with Crippen LogP contribution in [0.1, 0.15) is 5.56 Å². The van der Waals surface area contributed by atoms with Crippen molar-refractivity contribution in [3.05, 3.63) is 41.0 Å². The molecule has 106 valence electrons. The number of carbonyl (C=O) groups is 3. The zero-order valence-electron chi connectivity index (χ0n) is 11.0. The molecule has 0 aliphatic carbocycles. The molecule has 0 spiro atoms. The Morgan fingerprint density at radius 3 is 2.52 bits per heavy atom. The van der Waals surface area contributed by atoms with E-state index in [4.69, 9.17) is 11.6 Å². The number of carbonyl (C=O) groups excluding carboxylic acids is 3. The molecule has 0 atom stereocenters. The molecule has 1 aliphatic rings. The maximum Gasteiger partial charge on any atom is 0.334 e. The van der Waals surface area contributed by atoms with Crippen LogP contribution in [0.2, 0.25) is 5.15 Å². The highest BCUT2D eigenvalue weighted by Crippen LogP contribution is 2.23. The number of hydrogen-bond donors (Lipinski definition) is 0. The van der Waals surface area contributed by atoms with E-state index >= 15 is 0 Å². The fourth-order valence-corrected chi connectivity index (χ4v) is 2.38. The van der Waals surface area contributed by atoms with Crippen molar-refractivity contribution in [2.75, 3.05) is 7.05 Å². The monoisotopic (exact) mass is 303 g/mol. The fourth-order valence-electron chi connectivity index (χ4n) is 2.17. The average Bonchev–Trinajstić information content (AvgIpc) is 2.66. The summed E-state index contributed by atoms with van der Waals surface area (Å²) < 4.78 is 0. The number of benzene rings is 1. The Labute approximate surface area is 124 Å². The van der Waals surface area contributed by atoms with Crippen molar-refractivity contribution in [2.24, 2.45) is 0 Å². The molecule has 0 radical (unpaired) electrons. The first-order valence-corrected chi connectivity index (χ1v) is 6.54. The molecule has 0 saturated carbocycles. The van der Waals surface area contributed by atoms with Crippen LogP contribution < -0.4 is 0 Å². The molecule has 2 aromatic rings. The van der Waals surface area contributed by atoms with Crippen molar-refractivity contribution >= 4 is 40.3 Å². The van der Waals surface area contributed by atoms with Gasteiger partial charge >= 0.3 is 17.8 Å². The summed E-state index contributed by atoms with van der Waals surface area (Å²) in [5.41, 5.74) is 1.23. The largest absolute Gasteiger partial charge is 0.334 e. The van der Waals surface area contributed by atoms with Crippen LogP contribution in [0.15, 0.2) is 30.3 Å². The number of para-hydroxylation sites is 1. The summed E-state index contributed by atoms with van der Waals surface area (Å²) in [6.45, 7) is -0.0790. The van der Waals surface area contributed by atoms with Crippen LogP contribution >= 0.6 is 11.6 Å². The van der Waals surface area contributed by atoms with Gasteiger partial charge in [0.15, 0.2) is 0 Å². The molecule has 0 unspecified atom stereocenters. The molecule has 2 heterocycles. The van der Waals surface area contributed by atoms with Crippen molar-refractivity contribution in [3.8, 4) is 0 Å². The van der Waals surface area contributed by atoms with E-state index in [2.05, 4.69) is 4.98 Å². The standard InChI is InChI=1S/C14H10ClN3O3/c1-17-12(19)13(20)18(14(17)21)7-9-6-8-4-2-3-5-10(8)16-11(9)15/h2-6H,7H2,1H3. The molecular formula is C14H10ClN3O3. The molecule has 0 N–H and O–H groups in total. The van der Waals surface area contributed by atoms with Crippen LogP contribution in [0, 0.1) is 0 Å². The van der Waals surface area contributed by atoms with Gasteiger partial charge in [0, 0.05) is 18.0 Å². The molecule has 4 amide bonds. The van der Waals surface area contributed by atoms with Crippen LogP contribution in [0.3, 0.4) is 0 Å². The van der Waals surface area contributed by atoms with Crippen molar-refractivity contribution in [1.82, 2.24) is 14.8 Å². The minimum absolute atomic E-state index is 0.0790. The third-order valence-electron chi connectivity index (χ3n) is 3.33. The molecule has 0 bridgehead atoms. The maximum atomic E-state index is 11.9. The summed E-state index contributed by atoms with van der Waals surface area (Å²) in [7, 11) is 1.27. The van der Waals surface area contributed by atoms with E-state index in [-0.39, 0.29) is 11.7 Å². The van der Waals surface area contributed by atoms with E-state index in [0.717, 1.165) is 20.7 Å². The smallest absolute Gasteiger partial charge is 0.263 e. The summed E-state index contributed by atoms with van der Waals surface area (Å²) in [4.78, 5) is 41.0. The molecule has 1 aromatic heterocycles. The van der Waals surface area contributed by atoms with Crippen LogP contribution in [-0.4, -0.2) is 39.7 Å². The Balaban J connectivity index is 1.98. The number of pyridine rings is 1. The number of amides is 4. The molecule has 21 heavy (non-hydrogen) atoms. The highest BCUT2D eigenvalue weighted by Gasteiger charge is 2.42. The van der Waals surface area contributed by atoms with Gasteiger partial charge < -0.3 is 0 Å². The first-order chi connectivity index (χ1) is 9.99. The Morgan fingerprint density at radius 2 is 1.86 bits per heavy atom. The summed E-state index contributed by atoms with van der Waals surface area (Å²) >= 11 is 6.09. The predicted octanol–water partition coefficient (Wildman–Crippen LogP) is 1.81. The lowest BCUT2D eigenvalue weighted by molar-refractivity contribution is -0.143. The third-order valence-corrected chi connectivity index (χ3v) is 3.66. The van der Waals surface area contributed by atoms with E-state index in [9.17, 15) is 14.4 Å². The number of nitrogens with zero attached hydrogens (tertiary/aromatic N) is 3. The number of likely N-dealkylation sites (N-methyl/N-ethyl adjacent to an activating group) is 1. The highest BCUT2D eigenvalue weighted by molar-refractivity contribution is 6.44. The van der Waals surface area contributed by atoms with E-state index < -0.39 is 17.8 Å². The Hall–Kier alpha value is -2.47. The van der Waals surface area contributed by atoms with E-state index in [1.54, 1.807) is 6.07 Å². The number of imide groups is 2. The second kappa shape index (κ2) is 4.82. The van der Waals surface area contributed by atoms with Gasteiger partial charge in [-0.3, -0.25) is 19.4 Å². The molecular weight excluding hydrogens is 294 g/mol. The Morgan fingerprint density at radius 1 is 1.14 bits per heavy atom. The number of aromatic nitrogens is 1. The number of fused-ring (bicyclic) bond motifs is 1. The normalized spacial score (nSPS) is 15.4. The van der Waals surface area contributed by atoms with E-state index in [0.29, 0.717) is 5.56 Å². The second-order valence-corrected chi connectivity index (χ2v) is 5.03. The van der Waals surface area contributed by atoms with Gasteiger partial charge in [-0.25, -0.2) is 9.78 Å². The van der Waals surface area contributed by atoms with Gasteiger partial charge in [-0.1, -0.05) is 29.8 Å². The molecule has 1 aliphatic heterocycles. The van der Waals surface area contributed by atoms with Crippen LogP contribution in [0.4, 0.5) is 4.79 Å². The zero-order valence-corrected chi connectivity index (χ0v) is 11.8. The number of halogens is 1. The van der Waals surface area contributed by atoms with Crippen molar-refractivity contribution in [2.45, 2.75) is 6.54 Å². The molecule has 1 fully saturated rings. The summed E-state index contributed by atoms with van der Waals surface area (Å²) in [5, 5.41) is 1.05. The third kappa shape index (κ3) is 2.13. The van der Waals surface area contributed by atoms with Crippen LogP contribution in [0.5, 0.6) is 0 Å². The Bertz CT molecular complexity index is 790. The fraction of sp³-hybridized carbons (Fsp3) is 0.143. The van der Waals surface area contributed by atoms with Crippen molar-refractivity contribution in [3.63, 3.8) is 0 Å². The van der Waals surface area contributed by atoms with Gasteiger partial charge in [-0.05, 0) is 12.1 Å². The Kier molecular flexibility index (Phi) is 3.10. The van der Waals surface area contributed by atoms with Crippen molar-refractivity contribution in [1.29, 1.82) is 0 Å². The first-order valence-electron chi connectivity index (χ1n) is 6.16. The van der Waals surface area contributed by atoms with E-state index in [1.807, 2.05) is 24.3 Å². The lowest BCUT2D eigenvalue weighted by atomic mass is 10.1. The van der Waals surface area contributed by atoms with Gasteiger partial charge in [-0.2, -0.15) is 0 Å². The quantitative estimate of drug-likeness (QED) is 0.482. The highest BCUT2D eigenvalue weighted by atomic mass is 35.5. The molecule has 6 nitrogen and oxygen atoms in total. The van der Waals surface area contributed by atoms with Gasteiger partial charge in [0.1, 0.15) is 5.15 Å².